The summed E-state index contributed by atoms with van der Waals surface area (Å²) in [7, 11) is 0. The van der Waals surface area contributed by atoms with E-state index in [1.807, 2.05) is 36.7 Å². The highest BCUT2D eigenvalue weighted by Crippen LogP contribution is 2.37. The summed E-state index contributed by atoms with van der Waals surface area (Å²) in [6, 6.07) is 9.61. The van der Waals surface area contributed by atoms with Crippen molar-refractivity contribution in [3.8, 4) is 17.5 Å². The van der Waals surface area contributed by atoms with Crippen LogP contribution in [0.2, 0.25) is 0 Å². The van der Waals surface area contributed by atoms with Crippen LogP contribution in [0.3, 0.4) is 0 Å². The van der Waals surface area contributed by atoms with Gasteiger partial charge in [-0.25, -0.2) is 9.97 Å². The van der Waals surface area contributed by atoms with E-state index in [1.54, 1.807) is 0 Å². The fourth-order valence-corrected chi connectivity index (χ4v) is 4.39. The lowest BCUT2D eigenvalue weighted by atomic mass is 9.77. The van der Waals surface area contributed by atoms with Crippen LogP contribution in [0.1, 0.15) is 94.6 Å². The summed E-state index contributed by atoms with van der Waals surface area (Å²) in [5, 5.41) is 8.91. The van der Waals surface area contributed by atoms with Crippen LogP contribution >= 0.6 is 0 Å². The van der Waals surface area contributed by atoms with Gasteiger partial charge in [0.2, 0.25) is 0 Å². The number of unbranched alkanes of at least 4 members (excludes halogenated alkanes) is 5. The van der Waals surface area contributed by atoms with E-state index in [4.69, 9.17) is 5.26 Å². The number of rotatable bonds is 9. The molecule has 0 bridgehead atoms. The molecule has 2 aromatic rings. The molecule has 0 saturated heterocycles. The zero-order chi connectivity index (χ0) is 19.6. The monoisotopic (exact) mass is 375 g/mol. The molecule has 1 aliphatic rings. The fourth-order valence-electron chi connectivity index (χ4n) is 4.39. The summed E-state index contributed by atoms with van der Waals surface area (Å²) in [5.41, 5.74) is 2.92. The van der Waals surface area contributed by atoms with Crippen molar-refractivity contribution in [1.82, 2.24) is 9.97 Å². The van der Waals surface area contributed by atoms with Crippen molar-refractivity contribution in [2.75, 3.05) is 0 Å². The Morgan fingerprint density at radius 3 is 2.18 bits per heavy atom. The molecule has 1 heterocycles. The Bertz CT molecular complexity index is 735. The van der Waals surface area contributed by atoms with E-state index in [-0.39, 0.29) is 0 Å². The molecular formula is C25H33N3. The van der Waals surface area contributed by atoms with Gasteiger partial charge < -0.3 is 0 Å². The molecule has 1 saturated carbocycles. The maximum absolute atomic E-state index is 8.91. The highest BCUT2D eigenvalue weighted by molar-refractivity contribution is 5.56. The maximum atomic E-state index is 8.91. The van der Waals surface area contributed by atoms with Crippen LogP contribution in [0.5, 0.6) is 0 Å². The van der Waals surface area contributed by atoms with Crippen LogP contribution in [-0.4, -0.2) is 9.97 Å². The summed E-state index contributed by atoms with van der Waals surface area (Å²) < 4.78 is 0. The standard InChI is InChI=1S/C25H33N3/c1-2-3-4-5-6-7-8-20-9-13-22(14-10-20)24-18-27-25(28-19-24)23-15-11-21(17-26)12-16-23/h11-12,15-16,18-20,22H,2-10,13-14H2,1H3/t20-,22-. The summed E-state index contributed by atoms with van der Waals surface area (Å²) in [4.78, 5) is 9.18. The second kappa shape index (κ2) is 11.0. The first-order valence-corrected chi connectivity index (χ1v) is 11.1. The van der Waals surface area contributed by atoms with E-state index in [0.717, 1.165) is 17.3 Å². The molecule has 0 unspecified atom stereocenters. The van der Waals surface area contributed by atoms with Crippen LogP contribution in [0.15, 0.2) is 36.7 Å². The number of nitrogens with zero attached hydrogens (tertiary/aromatic N) is 3. The number of nitriles is 1. The van der Waals surface area contributed by atoms with E-state index < -0.39 is 0 Å². The number of benzene rings is 1. The third kappa shape index (κ3) is 5.89. The summed E-state index contributed by atoms with van der Waals surface area (Å²) in [5.74, 6) is 2.29. The Kier molecular flexibility index (Phi) is 8.03. The van der Waals surface area contributed by atoms with Crippen molar-refractivity contribution in [2.45, 2.75) is 83.5 Å². The van der Waals surface area contributed by atoms with Crippen LogP contribution in [0.25, 0.3) is 11.4 Å². The Morgan fingerprint density at radius 2 is 1.54 bits per heavy atom. The third-order valence-corrected chi connectivity index (χ3v) is 6.23. The van der Waals surface area contributed by atoms with E-state index in [2.05, 4.69) is 23.0 Å². The smallest absolute Gasteiger partial charge is 0.159 e. The predicted octanol–water partition coefficient (Wildman–Crippen LogP) is 7.04. The van der Waals surface area contributed by atoms with Crippen molar-refractivity contribution >= 4 is 0 Å². The van der Waals surface area contributed by atoms with Gasteiger partial charge in [0.25, 0.3) is 0 Å². The fraction of sp³-hybridized carbons (Fsp3) is 0.560. The molecule has 1 fully saturated rings. The van der Waals surface area contributed by atoms with Gasteiger partial charge in [-0.2, -0.15) is 5.26 Å². The van der Waals surface area contributed by atoms with Crippen molar-refractivity contribution in [2.24, 2.45) is 5.92 Å². The first-order valence-electron chi connectivity index (χ1n) is 11.1. The summed E-state index contributed by atoms with van der Waals surface area (Å²) >= 11 is 0. The minimum atomic E-state index is 0.621. The molecule has 1 aromatic carbocycles. The topological polar surface area (TPSA) is 49.6 Å². The molecule has 3 rings (SSSR count). The number of aromatic nitrogens is 2. The average molecular weight is 376 g/mol. The Labute approximate surface area is 170 Å². The lowest BCUT2D eigenvalue weighted by Crippen LogP contribution is -2.14. The molecule has 0 amide bonds. The van der Waals surface area contributed by atoms with E-state index in [0.29, 0.717) is 11.5 Å². The van der Waals surface area contributed by atoms with Crippen molar-refractivity contribution in [3.63, 3.8) is 0 Å². The normalized spacial score (nSPS) is 19.3. The van der Waals surface area contributed by atoms with Crippen LogP contribution in [0.4, 0.5) is 0 Å². The van der Waals surface area contributed by atoms with Crippen LogP contribution in [-0.2, 0) is 0 Å². The number of hydrogen-bond acceptors (Lipinski definition) is 3. The van der Waals surface area contributed by atoms with Gasteiger partial charge in [-0.05, 0) is 67.3 Å². The molecule has 0 spiro atoms. The van der Waals surface area contributed by atoms with Gasteiger partial charge in [-0.1, -0.05) is 51.9 Å². The quantitative estimate of drug-likeness (QED) is 0.442. The van der Waals surface area contributed by atoms with E-state index >= 15 is 0 Å². The van der Waals surface area contributed by atoms with Crippen molar-refractivity contribution in [1.29, 1.82) is 5.26 Å². The van der Waals surface area contributed by atoms with Crippen molar-refractivity contribution in [3.05, 3.63) is 47.8 Å². The summed E-state index contributed by atoms with van der Waals surface area (Å²) in [6.07, 6.45) is 19.1. The minimum absolute atomic E-state index is 0.621. The highest BCUT2D eigenvalue weighted by atomic mass is 14.9. The SMILES string of the molecule is CCCCCCCC[C@H]1CC[C@H](c2cnc(-c3ccc(C#N)cc3)nc2)CC1. The first-order chi connectivity index (χ1) is 13.8. The largest absolute Gasteiger partial charge is 0.236 e. The van der Waals surface area contributed by atoms with Gasteiger partial charge in [0.15, 0.2) is 5.82 Å². The van der Waals surface area contributed by atoms with Gasteiger partial charge in [0.05, 0.1) is 11.6 Å². The van der Waals surface area contributed by atoms with Gasteiger partial charge in [0.1, 0.15) is 0 Å². The predicted molar refractivity (Wildman–Crippen MR) is 115 cm³/mol. The summed E-state index contributed by atoms with van der Waals surface area (Å²) in [6.45, 7) is 2.28. The zero-order valence-corrected chi connectivity index (χ0v) is 17.2. The molecule has 148 valence electrons. The third-order valence-electron chi connectivity index (χ3n) is 6.23. The number of hydrogen-bond donors (Lipinski definition) is 0. The van der Waals surface area contributed by atoms with E-state index in [9.17, 15) is 0 Å². The Morgan fingerprint density at radius 1 is 0.893 bits per heavy atom. The second-order valence-corrected chi connectivity index (χ2v) is 8.30. The highest BCUT2D eigenvalue weighted by Gasteiger charge is 2.22. The molecule has 28 heavy (non-hydrogen) atoms. The second-order valence-electron chi connectivity index (χ2n) is 8.30. The lowest BCUT2D eigenvalue weighted by Gasteiger charge is -2.28. The Hall–Kier alpha value is -2.21. The molecular weight excluding hydrogens is 342 g/mol. The van der Waals surface area contributed by atoms with Gasteiger partial charge in [-0.3, -0.25) is 0 Å². The molecule has 3 nitrogen and oxygen atoms in total. The van der Waals surface area contributed by atoms with Crippen LogP contribution in [0, 0.1) is 17.2 Å². The molecule has 0 N–H and O–H groups in total. The molecule has 1 aromatic heterocycles. The maximum Gasteiger partial charge on any atom is 0.159 e. The first kappa shape index (κ1) is 20.5. The molecule has 3 heteroatoms. The van der Waals surface area contributed by atoms with Crippen molar-refractivity contribution < 1.29 is 0 Å². The minimum Gasteiger partial charge on any atom is -0.236 e. The van der Waals surface area contributed by atoms with Gasteiger partial charge in [-0.15, -0.1) is 0 Å². The van der Waals surface area contributed by atoms with Crippen LogP contribution < -0.4 is 0 Å². The molecule has 0 aliphatic heterocycles. The van der Waals surface area contributed by atoms with Gasteiger partial charge in [0, 0.05) is 18.0 Å². The molecule has 0 atom stereocenters. The zero-order valence-electron chi connectivity index (χ0n) is 17.2. The molecule has 1 aliphatic carbocycles. The molecule has 0 radical (unpaired) electrons. The lowest BCUT2D eigenvalue weighted by molar-refractivity contribution is 0.301. The van der Waals surface area contributed by atoms with Gasteiger partial charge >= 0.3 is 0 Å². The van der Waals surface area contributed by atoms with E-state index in [1.165, 1.54) is 76.2 Å². The average Bonchev–Trinajstić information content (AvgIpc) is 2.77. The Balaban J connectivity index is 1.43.